The van der Waals surface area contributed by atoms with Crippen molar-refractivity contribution < 1.29 is 8.78 Å². The first-order chi connectivity index (χ1) is 10.1. The molecule has 1 aromatic heterocycles. The summed E-state index contributed by atoms with van der Waals surface area (Å²) in [4.78, 5) is 4.50. The molecule has 4 heteroatoms. The lowest BCUT2D eigenvalue weighted by Crippen LogP contribution is -2.15. The van der Waals surface area contributed by atoms with Crippen molar-refractivity contribution in [1.82, 2.24) is 4.98 Å². The summed E-state index contributed by atoms with van der Waals surface area (Å²) in [5, 5.41) is 1.03. The molecule has 3 rings (SSSR count). The molecular weight excluding hydrogens is 270 g/mol. The summed E-state index contributed by atoms with van der Waals surface area (Å²) in [5.41, 5.74) is 8.20. The molecule has 2 aromatic carbocycles. The van der Waals surface area contributed by atoms with Crippen molar-refractivity contribution in [2.45, 2.75) is 12.5 Å². The summed E-state index contributed by atoms with van der Waals surface area (Å²) >= 11 is 0. The van der Waals surface area contributed by atoms with Gasteiger partial charge in [-0.2, -0.15) is 0 Å². The second-order valence-electron chi connectivity index (χ2n) is 5.02. The van der Waals surface area contributed by atoms with E-state index in [1.54, 1.807) is 0 Å². The molecule has 21 heavy (non-hydrogen) atoms. The van der Waals surface area contributed by atoms with Crippen LogP contribution in [0.4, 0.5) is 8.78 Å². The highest BCUT2D eigenvalue weighted by Gasteiger charge is 2.11. The normalized spacial score (nSPS) is 12.5. The van der Waals surface area contributed by atoms with Gasteiger partial charge in [-0.05, 0) is 36.2 Å². The summed E-state index contributed by atoms with van der Waals surface area (Å²) in [7, 11) is 0. The highest BCUT2D eigenvalue weighted by atomic mass is 19.1. The van der Waals surface area contributed by atoms with E-state index in [9.17, 15) is 8.78 Å². The lowest BCUT2D eigenvalue weighted by atomic mass is 10.0. The molecular formula is C17H14F2N2. The van der Waals surface area contributed by atoms with Crippen LogP contribution in [-0.2, 0) is 6.42 Å². The van der Waals surface area contributed by atoms with E-state index >= 15 is 0 Å². The molecule has 0 saturated heterocycles. The Bertz CT molecular complexity index is 766. The fourth-order valence-corrected chi connectivity index (χ4v) is 2.38. The van der Waals surface area contributed by atoms with Crippen molar-refractivity contribution in [3.63, 3.8) is 0 Å². The van der Waals surface area contributed by atoms with Gasteiger partial charge in [-0.3, -0.25) is 4.98 Å². The molecule has 2 N–H and O–H groups in total. The number of pyridine rings is 1. The van der Waals surface area contributed by atoms with Gasteiger partial charge in [-0.1, -0.05) is 24.3 Å². The SMILES string of the molecule is NC(Cc1cc(F)cc(F)c1)c1ccc2ccccc2n1. The zero-order valence-electron chi connectivity index (χ0n) is 11.3. The number of benzene rings is 2. The highest BCUT2D eigenvalue weighted by Crippen LogP contribution is 2.19. The number of fused-ring (bicyclic) bond motifs is 1. The van der Waals surface area contributed by atoms with E-state index in [0.717, 1.165) is 17.0 Å². The number of aromatic nitrogens is 1. The van der Waals surface area contributed by atoms with Gasteiger partial charge in [-0.25, -0.2) is 8.78 Å². The Balaban J connectivity index is 1.87. The zero-order chi connectivity index (χ0) is 14.8. The minimum Gasteiger partial charge on any atom is -0.322 e. The van der Waals surface area contributed by atoms with Crippen LogP contribution in [0.1, 0.15) is 17.3 Å². The van der Waals surface area contributed by atoms with Crippen LogP contribution in [0.5, 0.6) is 0 Å². The molecule has 3 aromatic rings. The summed E-state index contributed by atoms with van der Waals surface area (Å²) in [5.74, 6) is -1.19. The van der Waals surface area contributed by atoms with Crippen molar-refractivity contribution >= 4 is 10.9 Å². The van der Waals surface area contributed by atoms with Crippen molar-refractivity contribution in [2.75, 3.05) is 0 Å². The predicted molar refractivity (Wildman–Crippen MR) is 78.7 cm³/mol. The average Bonchev–Trinajstić information content (AvgIpc) is 2.45. The minimum absolute atomic E-state index is 0.333. The molecule has 0 amide bonds. The van der Waals surface area contributed by atoms with E-state index in [4.69, 9.17) is 5.73 Å². The number of halogens is 2. The molecule has 0 spiro atoms. The lowest BCUT2D eigenvalue weighted by molar-refractivity contribution is 0.576. The van der Waals surface area contributed by atoms with Crippen molar-refractivity contribution in [3.05, 3.63) is 77.5 Å². The molecule has 0 fully saturated rings. The Morgan fingerprint density at radius 3 is 2.43 bits per heavy atom. The van der Waals surface area contributed by atoms with Gasteiger partial charge in [0.15, 0.2) is 0 Å². The smallest absolute Gasteiger partial charge is 0.126 e. The third-order valence-electron chi connectivity index (χ3n) is 3.38. The van der Waals surface area contributed by atoms with Gasteiger partial charge >= 0.3 is 0 Å². The summed E-state index contributed by atoms with van der Waals surface area (Å²) in [6.45, 7) is 0. The third kappa shape index (κ3) is 3.06. The van der Waals surface area contributed by atoms with Crippen molar-refractivity contribution in [2.24, 2.45) is 5.73 Å². The maximum Gasteiger partial charge on any atom is 0.126 e. The molecule has 0 aliphatic heterocycles. The van der Waals surface area contributed by atoms with Crippen LogP contribution in [-0.4, -0.2) is 4.98 Å². The van der Waals surface area contributed by atoms with E-state index in [1.165, 1.54) is 12.1 Å². The summed E-state index contributed by atoms with van der Waals surface area (Å²) in [6.07, 6.45) is 0.333. The largest absolute Gasteiger partial charge is 0.322 e. The Morgan fingerprint density at radius 1 is 0.952 bits per heavy atom. The van der Waals surface area contributed by atoms with Gasteiger partial charge in [0.1, 0.15) is 11.6 Å². The molecule has 1 heterocycles. The molecule has 2 nitrogen and oxygen atoms in total. The molecule has 106 valence electrons. The van der Waals surface area contributed by atoms with Crippen LogP contribution in [0.15, 0.2) is 54.6 Å². The first-order valence-corrected chi connectivity index (χ1v) is 6.68. The van der Waals surface area contributed by atoms with Gasteiger partial charge in [0, 0.05) is 11.5 Å². The molecule has 0 aliphatic carbocycles. The molecule has 0 bridgehead atoms. The molecule has 0 aliphatic rings. The number of para-hydroxylation sites is 1. The van der Waals surface area contributed by atoms with Crippen molar-refractivity contribution in [1.29, 1.82) is 0 Å². The van der Waals surface area contributed by atoms with Crippen LogP contribution in [0.2, 0.25) is 0 Å². The summed E-state index contributed by atoms with van der Waals surface area (Å²) in [6, 6.07) is 14.6. The minimum atomic E-state index is -0.594. The van der Waals surface area contributed by atoms with Gasteiger partial charge in [0.05, 0.1) is 17.3 Å². The van der Waals surface area contributed by atoms with Crippen LogP contribution < -0.4 is 5.73 Å². The number of nitrogens with two attached hydrogens (primary N) is 1. The van der Waals surface area contributed by atoms with E-state index in [1.807, 2.05) is 36.4 Å². The van der Waals surface area contributed by atoms with E-state index in [-0.39, 0.29) is 0 Å². The second kappa shape index (κ2) is 5.58. The number of nitrogens with zero attached hydrogens (tertiary/aromatic N) is 1. The highest BCUT2D eigenvalue weighted by molar-refractivity contribution is 5.78. The lowest BCUT2D eigenvalue weighted by Gasteiger charge is -2.12. The quantitative estimate of drug-likeness (QED) is 0.795. The summed E-state index contributed by atoms with van der Waals surface area (Å²) < 4.78 is 26.4. The Kier molecular flexibility index (Phi) is 3.62. The molecule has 1 unspecified atom stereocenters. The topological polar surface area (TPSA) is 38.9 Å². The molecule has 0 radical (unpaired) electrons. The van der Waals surface area contributed by atoms with Crippen LogP contribution in [0.3, 0.4) is 0 Å². The van der Waals surface area contributed by atoms with Crippen molar-refractivity contribution in [3.8, 4) is 0 Å². The Morgan fingerprint density at radius 2 is 1.67 bits per heavy atom. The number of hydrogen-bond acceptors (Lipinski definition) is 2. The van der Waals surface area contributed by atoms with Gasteiger partial charge in [0.2, 0.25) is 0 Å². The maximum absolute atomic E-state index is 13.2. The van der Waals surface area contributed by atoms with Gasteiger partial charge in [0.25, 0.3) is 0 Å². The monoisotopic (exact) mass is 284 g/mol. The standard InChI is InChI=1S/C17H14F2N2/c18-13-7-11(8-14(19)10-13)9-15(20)17-6-5-12-3-1-2-4-16(12)21-17/h1-8,10,15H,9,20H2. The van der Waals surface area contributed by atoms with E-state index < -0.39 is 17.7 Å². The molecule has 1 atom stereocenters. The molecule has 0 saturated carbocycles. The van der Waals surface area contributed by atoms with Gasteiger partial charge in [-0.15, -0.1) is 0 Å². The zero-order valence-corrected chi connectivity index (χ0v) is 11.3. The Labute approximate surface area is 121 Å². The van der Waals surface area contributed by atoms with Gasteiger partial charge < -0.3 is 5.73 Å². The van der Waals surface area contributed by atoms with Crippen LogP contribution in [0.25, 0.3) is 10.9 Å². The first-order valence-electron chi connectivity index (χ1n) is 6.68. The number of rotatable bonds is 3. The fourth-order valence-electron chi connectivity index (χ4n) is 2.38. The third-order valence-corrected chi connectivity index (χ3v) is 3.38. The van der Waals surface area contributed by atoms with Crippen LogP contribution >= 0.6 is 0 Å². The number of hydrogen-bond donors (Lipinski definition) is 1. The first kappa shape index (κ1) is 13.6. The predicted octanol–water partition coefficient (Wildman–Crippen LogP) is 3.76. The van der Waals surface area contributed by atoms with Crippen LogP contribution in [0, 0.1) is 11.6 Å². The Hall–Kier alpha value is -2.33. The second-order valence-corrected chi connectivity index (χ2v) is 5.02. The van der Waals surface area contributed by atoms with E-state index in [2.05, 4.69) is 4.98 Å². The fraction of sp³-hybridized carbons (Fsp3) is 0.118. The van der Waals surface area contributed by atoms with E-state index in [0.29, 0.717) is 17.7 Å². The average molecular weight is 284 g/mol. The maximum atomic E-state index is 13.2.